The summed E-state index contributed by atoms with van der Waals surface area (Å²) in [6, 6.07) is 5.88. The Kier molecular flexibility index (Phi) is 3.34. The van der Waals surface area contributed by atoms with E-state index in [0.717, 1.165) is 0 Å². The van der Waals surface area contributed by atoms with Crippen LogP contribution < -0.4 is 5.32 Å². The van der Waals surface area contributed by atoms with Gasteiger partial charge < -0.3 is 10.4 Å². The molecule has 0 bridgehead atoms. The van der Waals surface area contributed by atoms with Crippen molar-refractivity contribution in [3.8, 4) is 0 Å². The molecule has 126 valence electrons. The van der Waals surface area contributed by atoms with E-state index in [0.29, 0.717) is 0 Å². The average molecular weight is 325 g/mol. The summed E-state index contributed by atoms with van der Waals surface area (Å²) in [6.07, 6.45) is -1.51. The van der Waals surface area contributed by atoms with Gasteiger partial charge in [-0.15, -0.1) is 0 Å². The summed E-state index contributed by atoms with van der Waals surface area (Å²) in [5.41, 5.74) is 0.115. The van der Waals surface area contributed by atoms with Crippen LogP contribution in [0, 0.1) is 17.8 Å². The molecule has 0 spiro atoms. The highest BCUT2D eigenvalue weighted by molar-refractivity contribution is 5.85. The van der Waals surface area contributed by atoms with Crippen molar-refractivity contribution in [3.63, 3.8) is 0 Å². The molecule has 0 aliphatic heterocycles. The highest BCUT2D eigenvalue weighted by Crippen LogP contribution is 2.33. The highest BCUT2D eigenvalue weighted by Gasteiger charge is 2.30. The maximum Gasteiger partial charge on any atom is 0.326 e. The molecule has 1 aliphatic carbocycles. The molecule has 1 amide bonds. The molecule has 4 nitrogen and oxygen atoms in total. The van der Waals surface area contributed by atoms with Crippen molar-refractivity contribution in [2.24, 2.45) is 17.8 Å². The van der Waals surface area contributed by atoms with Crippen molar-refractivity contribution in [3.05, 3.63) is 35.9 Å². The number of nitrogens with one attached hydrogen (secondary N) is 1. The molecule has 4 heteroatoms. The first kappa shape index (κ1) is 9.45. The topological polar surface area (TPSA) is 66.4 Å². The van der Waals surface area contributed by atoms with Crippen LogP contribution >= 0.6 is 0 Å². The molecular formula is C19H27NO3. The van der Waals surface area contributed by atoms with Crippen molar-refractivity contribution in [1.82, 2.24) is 5.32 Å². The van der Waals surface area contributed by atoms with Crippen LogP contribution in [-0.2, 0) is 16.0 Å². The van der Waals surface area contributed by atoms with Gasteiger partial charge in [0, 0.05) is 23.3 Å². The Hall–Kier alpha value is -1.84. The van der Waals surface area contributed by atoms with Crippen LogP contribution in [0.5, 0.6) is 0 Å². The summed E-state index contributed by atoms with van der Waals surface area (Å²) >= 11 is 0. The molecule has 2 N–H and O–H groups in total. The van der Waals surface area contributed by atoms with Gasteiger partial charge in [0.05, 0.1) is 0 Å². The second-order valence-electron chi connectivity index (χ2n) is 5.88. The second-order valence-corrected chi connectivity index (χ2v) is 5.88. The van der Waals surface area contributed by atoms with Crippen LogP contribution in [0.1, 0.15) is 55.9 Å². The second kappa shape index (κ2) is 8.14. The summed E-state index contributed by atoms with van der Waals surface area (Å²) in [4.78, 5) is 24.4. The third-order valence-electron chi connectivity index (χ3n) is 4.23. The number of carbonyl (C=O) groups excluding carboxylic acids is 1. The number of benzene rings is 1. The van der Waals surface area contributed by atoms with Crippen LogP contribution in [0.2, 0.25) is 0 Å². The number of hydrogen-bond donors (Lipinski definition) is 2. The van der Waals surface area contributed by atoms with Crippen molar-refractivity contribution < 1.29 is 25.7 Å². The molecule has 23 heavy (non-hydrogen) atoms. The van der Waals surface area contributed by atoms with Gasteiger partial charge in [-0.1, -0.05) is 44.0 Å². The van der Waals surface area contributed by atoms with Gasteiger partial charge >= 0.3 is 5.97 Å². The number of carboxylic acid groups (broad SMARTS) is 1. The summed E-state index contributed by atoms with van der Waals surface area (Å²) in [7, 11) is 0. The zero-order valence-corrected chi connectivity index (χ0v) is 12.8. The zero-order chi connectivity index (χ0) is 23.6. The van der Waals surface area contributed by atoms with Crippen LogP contribution in [0.3, 0.4) is 0 Å². The Morgan fingerprint density at radius 2 is 1.91 bits per heavy atom. The first-order chi connectivity index (χ1) is 14.2. The molecule has 0 unspecified atom stereocenters. The van der Waals surface area contributed by atoms with E-state index >= 15 is 0 Å². The third kappa shape index (κ3) is 5.08. The minimum Gasteiger partial charge on any atom is -0.480 e. The van der Waals surface area contributed by atoms with Crippen molar-refractivity contribution in [1.29, 1.82) is 0 Å². The summed E-state index contributed by atoms with van der Waals surface area (Å²) in [5.74, 6) is -4.87. The van der Waals surface area contributed by atoms with Gasteiger partial charge in [0.2, 0.25) is 5.91 Å². The third-order valence-corrected chi connectivity index (χ3v) is 4.23. The minimum absolute atomic E-state index is 0.115. The van der Waals surface area contributed by atoms with E-state index in [9.17, 15) is 14.7 Å². The fourth-order valence-electron chi connectivity index (χ4n) is 2.84. The Bertz CT molecular complexity index is 757. The summed E-state index contributed by atoms with van der Waals surface area (Å²) in [6.45, 7) is -5.30. The van der Waals surface area contributed by atoms with Gasteiger partial charge in [0.1, 0.15) is 6.04 Å². The molecular weight excluding hydrogens is 290 g/mol. The largest absolute Gasteiger partial charge is 0.480 e. The van der Waals surface area contributed by atoms with E-state index in [1.807, 2.05) is 0 Å². The first-order valence-corrected chi connectivity index (χ1v) is 7.74. The standard InChI is InChI=1S/C19H27NO3/c1-13(2)15-8-10-16(11-9-15)18(21)20-17(19(22)23)12-14-6-4-3-5-7-14/h3-7,13,15-17H,8-12H2,1-2H3,(H,20,21)(H,22,23)/t15?,16?,17-/m1/s1/i1D3,2D3,12D2. The smallest absolute Gasteiger partial charge is 0.326 e. The number of carbonyl (C=O) groups is 2. The first-order valence-electron chi connectivity index (χ1n) is 11.7. The molecule has 1 fully saturated rings. The Morgan fingerprint density at radius 3 is 2.48 bits per heavy atom. The molecule has 0 aromatic heterocycles. The average Bonchev–Trinajstić information content (AvgIpc) is 2.64. The number of carboxylic acids is 1. The van der Waals surface area contributed by atoms with Crippen molar-refractivity contribution in [2.75, 3.05) is 0 Å². The fraction of sp³-hybridized carbons (Fsp3) is 0.579. The van der Waals surface area contributed by atoms with E-state index in [-0.39, 0.29) is 31.2 Å². The van der Waals surface area contributed by atoms with E-state index in [1.165, 1.54) is 12.1 Å². The van der Waals surface area contributed by atoms with Crippen molar-refractivity contribution >= 4 is 11.9 Å². The van der Waals surface area contributed by atoms with Gasteiger partial charge in [-0.05, 0) is 43.1 Å². The molecule has 1 aromatic rings. The Labute approximate surface area is 149 Å². The fourth-order valence-corrected chi connectivity index (χ4v) is 2.84. The minimum atomic E-state index is -2.65. The van der Waals surface area contributed by atoms with Crippen LogP contribution in [0.4, 0.5) is 0 Å². The monoisotopic (exact) mass is 325 g/mol. The summed E-state index contributed by atoms with van der Waals surface area (Å²) < 4.78 is 62.0. The summed E-state index contributed by atoms with van der Waals surface area (Å²) in [5, 5.41) is 11.8. The van der Waals surface area contributed by atoms with Gasteiger partial charge in [-0.2, -0.15) is 0 Å². The normalized spacial score (nSPS) is 29.4. The lowest BCUT2D eigenvalue weighted by Gasteiger charge is -2.30. The van der Waals surface area contributed by atoms with Gasteiger partial charge in [-0.3, -0.25) is 4.79 Å². The maximum absolute atomic E-state index is 12.7. The van der Waals surface area contributed by atoms with Gasteiger partial charge in [0.25, 0.3) is 0 Å². The number of amides is 1. The Morgan fingerprint density at radius 1 is 1.26 bits per heavy atom. The van der Waals surface area contributed by atoms with Crippen molar-refractivity contribution in [2.45, 2.75) is 51.8 Å². The van der Waals surface area contributed by atoms with E-state index in [2.05, 4.69) is 5.32 Å². The molecule has 2 rings (SSSR count). The molecule has 0 saturated heterocycles. The van der Waals surface area contributed by atoms with Gasteiger partial charge in [0.15, 0.2) is 0 Å². The molecule has 1 aromatic carbocycles. The lowest BCUT2D eigenvalue weighted by molar-refractivity contribution is -0.142. The van der Waals surface area contributed by atoms with Gasteiger partial charge in [-0.25, -0.2) is 4.79 Å². The number of rotatable bonds is 6. The molecule has 1 aliphatic rings. The predicted molar refractivity (Wildman–Crippen MR) is 90.0 cm³/mol. The zero-order valence-electron chi connectivity index (χ0n) is 20.8. The van der Waals surface area contributed by atoms with Crippen LogP contribution in [0.15, 0.2) is 30.3 Å². The van der Waals surface area contributed by atoms with E-state index in [4.69, 9.17) is 11.0 Å². The molecule has 1 atom stereocenters. The van der Waals surface area contributed by atoms with Crippen LogP contribution in [0.25, 0.3) is 0 Å². The SMILES string of the molecule is [2H]C([2H])([2H])C(C1CCC(C(=O)N[C@@H](C(=O)O)C([2H])([2H])c2ccccc2)CC1)C([2H])([2H])[2H]. The van der Waals surface area contributed by atoms with Crippen LogP contribution in [-0.4, -0.2) is 23.0 Å². The van der Waals surface area contributed by atoms with E-state index in [1.54, 1.807) is 18.2 Å². The quantitative estimate of drug-likeness (QED) is 0.843. The number of aliphatic carboxylic acids is 1. The molecule has 0 heterocycles. The Balaban J connectivity index is 2.09. The van der Waals surface area contributed by atoms with E-state index < -0.39 is 55.7 Å². The molecule has 0 radical (unpaired) electrons. The lowest BCUT2D eigenvalue weighted by Crippen LogP contribution is -2.45. The highest BCUT2D eigenvalue weighted by atomic mass is 16.4. The predicted octanol–water partition coefficient (Wildman–Crippen LogP) is 3.26. The maximum atomic E-state index is 12.7. The lowest BCUT2D eigenvalue weighted by atomic mass is 9.76. The number of hydrogen-bond acceptors (Lipinski definition) is 2. The molecule has 1 saturated carbocycles.